The molecule has 1 atom stereocenters. The zero-order valence-corrected chi connectivity index (χ0v) is 9.87. The number of pyridine rings is 1. The number of halogens is 1. The van der Waals surface area contributed by atoms with Crippen LogP contribution in [0, 0.1) is 0 Å². The molecule has 1 N–H and O–H groups in total. The summed E-state index contributed by atoms with van der Waals surface area (Å²) in [6.07, 6.45) is 2.38. The van der Waals surface area contributed by atoms with Crippen molar-refractivity contribution in [3.63, 3.8) is 0 Å². The number of nitrogens with zero attached hydrogens (tertiary/aromatic N) is 2. The molecule has 1 amide bonds. The van der Waals surface area contributed by atoms with Crippen molar-refractivity contribution in [1.29, 1.82) is 0 Å². The zero-order valence-electron chi connectivity index (χ0n) is 9.11. The molecule has 16 heavy (non-hydrogen) atoms. The van der Waals surface area contributed by atoms with Crippen molar-refractivity contribution < 1.29 is 4.79 Å². The second-order valence-corrected chi connectivity index (χ2v) is 4.18. The maximum absolute atomic E-state index is 11.7. The third kappa shape index (κ3) is 2.11. The predicted octanol–water partition coefficient (Wildman–Crippen LogP) is 1.45. The number of hydrogen-bond donors (Lipinski definition) is 1. The van der Waals surface area contributed by atoms with Crippen molar-refractivity contribution in [2.75, 3.05) is 18.0 Å². The Bertz CT molecular complexity index is 379. The van der Waals surface area contributed by atoms with E-state index in [4.69, 9.17) is 11.6 Å². The molecule has 2 rings (SSSR count). The lowest BCUT2D eigenvalue weighted by Gasteiger charge is -2.35. The number of anilines is 1. The van der Waals surface area contributed by atoms with Gasteiger partial charge in [-0.15, -0.1) is 0 Å². The first kappa shape index (κ1) is 11.2. The summed E-state index contributed by atoms with van der Waals surface area (Å²) in [5.41, 5.74) is 0. The Labute approximate surface area is 99.6 Å². The molecule has 1 aliphatic rings. The highest BCUT2D eigenvalue weighted by Gasteiger charge is 2.28. The Morgan fingerprint density at radius 1 is 1.62 bits per heavy atom. The van der Waals surface area contributed by atoms with Crippen LogP contribution in [0.1, 0.15) is 13.3 Å². The monoisotopic (exact) mass is 239 g/mol. The first-order chi connectivity index (χ1) is 7.72. The molecule has 0 aliphatic carbocycles. The van der Waals surface area contributed by atoms with Crippen LogP contribution in [0.5, 0.6) is 0 Å². The van der Waals surface area contributed by atoms with Crippen LogP contribution in [-0.2, 0) is 4.79 Å². The number of rotatable bonds is 2. The molecule has 1 unspecified atom stereocenters. The highest BCUT2D eigenvalue weighted by molar-refractivity contribution is 6.30. The molecule has 1 aromatic heterocycles. The Morgan fingerprint density at radius 2 is 2.44 bits per heavy atom. The Kier molecular flexibility index (Phi) is 3.29. The van der Waals surface area contributed by atoms with Gasteiger partial charge in [-0.25, -0.2) is 4.98 Å². The fourth-order valence-corrected chi connectivity index (χ4v) is 2.04. The highest BCUT2D eigenvalue weighted by atomic mass is 35.5. The van der Waals surface area contributed by atoms with Gasteiger partial charge in [-0.2, -0.15) is 0 Å². The average molecular weight is 240 g/mol. The molecule has 1 aliphatic heterocycles. The van der Waals surface area contributed by atoms with Crippen LogP contribution < -0.4 is 10.2 Å². The van der Waals surface area contributed by atoms with E-state index in [1.165, 1.54) is 0 Å². The van der Waals surface area contributed by atoms with E-state index in [1.807, 2.05) is 17.9 Å². The van der Waals surface area contributed by atoms with E-state index in [1.54, 1.807) is 12.3 Å². The van der Waals surface area contributed by atoms with Crippen LogP contribution in [0.15, 0.2) is 18.3 Å². The lowest BCUT2D eigenvalue weighted by atomic mass is 10.1. The minimum Gasteiger partial charge on any atom is -0.353 e. The number of aromatic nitrogens is 1. The van der Waals surface area contributed by atoms with Crippen LogP contribution in [0.3, 0.4) is 0 Å². The quantitative estimate of drug-likeness (QED) is 0.850. The predicted molar refractivity (Wildman–Crippen MR) is 63.7 cm³/mol. The topological polar surface area (TPSA) is 45.2 Å². The van der Waals surface area contributed by atoms with E-state index in [-0.39, 0.29) is 11.9 Å². The van der Waals surface area contributed by atoms with Crippen molar-refractivity contribution in [3.05, 3.63) is 23.4 Å². The first-order valence-corrected chi connectivity index (χ1v) is 5.76. The fourth-order valence-electron chi connectivity index (χ4n) is 1.93. The van der Waals surface area contributed by atoms with Crippen LogP contribution in [0.4, 0.5) is 5.82 Å². The smallest absolute Gasteiger partial charge is 0.242 e. The van der Waals surface area contributed by atoms with E-state index in [0.29, 0.717) is 11.6 Å². The van der Waals surface area contributed by atoms with E-state index < -0.39 is 0 Å². The van der Waals surface area contributed by atoms with Gasteiger partial charge in [-0.1, -0.05) is 18.5 Å². The summed E-state index contributed by atoms with van der Waals surface area (Å²) in [6, 6.07) is 3.52. The van der Waals surface area contributed by atoms with Crippen molar-refractivity contribution in [2.24, 2.45) is 0 Å². The van der Waals surface area contributed by atoms with E-state index in [0.717, 1.165) is 18.8 Å². The van der Waals surface area contributed by atoms with Gasteiger partial charge in [0.15, 0.2) is 0 Å². The summed E-state index contributed by atoms with van der Waals surface area (Å²) in [4.78, 5) is 17.9. The van der Waals surface area contributed by atoms with Gasteiger partial charge in [0.25, 0.3) is 0 Å². The summed E-state index contributed by atoms with van der Waals surface area (Å²) in [6.45, 7) is 3.46. The average Bonchev–Trinajstić information content (AvgIpc) is 2.30. The van der Waals surface area contributed by atoms with Crippen molar-refractivity contribution >= 4 is 23.3 Å². The maximum atomic E-state index is 11.7. The molecule has 0 spiro atoms. The summed E-state index contributed by atoms with van der Waals surface area (Å²) < 4.78 is 0. The summed E-state index contributed by atoms with van der Waals surface area (Å²) in [5.74, 6) is 0.886. The van der Waals surface area contributed by atoms with Gasteiger partial charge < -0.3 is 10.2 Å². The Hall–Kier alpha value is -1.29. The summed E-state index contributed by atoms with van der Waals surface area (Å²) >= 11 is 5.79. The Morgan fingerprint density at radius 3 is 3.06 bits per heavy atom. The number of carbonyl (C=O) groups excluding carboxylic acids is 1. The molecule has 1 fully saturated rings. The third-order valence-electron chi connectivity index (χ3n) is 2.72. The van der Waals surface area contributed by atoms with Gasteiger partial charge in [0.05, 0.1) is 5.02 Å². The Balaban J connectivity index is 2.24. The van der Waals surface area contributed by atoms with Gasteiger partial charge in [-0.3, -0.25) is 4.79 Å². The second-order valence-electron chi connectivity index (χ2n) is 3.74. The zero-order chi connectivity index (χ0) is 11.5. The minimum absolute atomic E-state index is 0.0745. The largest absolute Gasteiger partial charge is 0.353 e. The van der Waals surface area contributed by atoms with E-state index in [2.05, 4.69) is 10.3 Å². The first-order valence-electron chi connectivity index (χ1n) is 5.38. The van der Waals surface area contributed by atoms with Gasteiger partial charge >= 0.3 is 0 Å². The van der Waals surface area contributed by atoms with E-state index >= 15 is 0 Å². The maximum Gasteiger partial charge on any atom is 0.242 e. The molecule has 86 valence electrons. The second kappa shape index (κ2) is 4.70. The lowest BCUT2D eigenvalue weighted by molar-refractivity contribution is -0.123. The van der Waals surface area contributed by atoms with Crippen LogP contribution in [0.2, 0.25) is 5.02 Å². The van der Waals surface area contributed by atoms with Crippen molar-refractivity contribution in [1.82, 2.24) is 10.3 Å². The van der Waals surface area contributed by atoms with Crippen molar-refractivity contribution in [3.8, 4) is 0 Å². The lowest BCUT2D eigenvalue weighted by Crippen LogP contribution is -2.55. The molecule has 1 saturated heterocycles. The minimum atomic E-state index is -0.123. The number of hydrogen-bond acceptors (Lipinski definition) is 3. The van der Waals surface area contributed by atoms with Crippen LogP contribution >= 0.6 is 11.6 Å². The molecule has 0 saturated carbocycles. The number of amides is 1. The van der Waals surface area contributed by atoms with Crippen LogP contribution in [-0.4, -0.2) is 30.0 Å². The molecule has 0 aromatic carbocycles. The normalized spacial score (nSPS) is 20.8. The molecule has 1 aromatic rings. The van der Waals surface area contributed by atoms with Crippen LogP contribution in [0.25, 0.3) is 0 Å². The molecular weight excluding hydrogens is 226 g/mol. The van der Waals surface area contributed by atoms with Gasteiger partial charge in [0.1, 0.15) is 11.9 Å². The third-order valence-corrected chi connectivity index (χ3v) is 2.95. The SMILES string of the molecule is CCC1C(=O)NCCN1c1ccc(Cl)cn1. The highest BCUT2D eigenvalue weighted by Crippen LogP contribution is 2.19. The molecule has 0 bridgehead atoms. The molecular formula is C11H14ClN3O. The number of carbonyl (C=O) groups is 1. The van der Waals surface area contributed by atoms with Gasteiger partial charge in [0.2, 0.25) is 5.91 Å². The van der Waals surface area contributed by atoms with Gasteiger partial charge in [0, 0.05) is 19.3 Å². The summed E-state index contributed by atoms with van der Waals surface area (Å²) in [5, 5.41) is 3.47. The van der Waals surface area contributed by atoms with Crippen molar-refractivity contribution in [2.45, 2.75) is 19.4 Å². The van der Waals surface area contributed by atoms with E-state index in [9.17, 15) is 4.79 Å². The fraction of sp³-hybridized carbons (Fsp3) is 0.455. The summed E-state index contributed by atoms with van der Waals surface area (Å²) in [7, 11) is 0. The number of piperazine rings is 1. The molecule has 2 heterocycles. The standard InChI is InChI=1S/C11H14ClN3O/c1-2-9-11(16)13-5-6-15(9)10-4-3-8(12)7-14-10/h3-4,7,9H,2,5-6H2,1H3,(H,13,16). The molecule has 5 heteroatoms. The number of nitrogens with one attached hydrogen (secondary N) is 1. The van der Waals surface area contributed by atoms with Gasteiger partial charge in [-0.05, 0) is 18.6 Å². The molecule has 0 radical (unpaired) electrons. The molecule has 4 nitrogen and oxygen atoms in total.